The summed E-state index contributed by atoms with van der Waals surface area (Å²) in [6.45, 7) is 2.30. The molecule has 1 amide bonds. The number of nitrogens with one attached hydrogen (secondary N) is 1. The molecule has 8 heteroatoms. The molecule has 132 valence electrons. The lowest BCUT2D eigenvalue weighted by molar-refractivity contribution is -0.384. The highest BCUT2D eigenvalue weighted by Crippen LogP contribution is 2.19. The summed E-state index contributed by atoms with van der Waals surface area (Å²) in [5.74, 6) is 0.273. The van der Waals surface area contributed by atoms with Crippen molar-refractivity contribution in [2.75, 3.05) is 5.32 Å². The highest BCUT2D eigenvalue weighted by Gasteiger charge is 2.10. The molecule has 0 aliphatic rings. The van der Waals surface area contributed by atoms with Gasteiger partial charge in [-0.15, -0.1) is 11.3 Å². The lowest BCUT2D eigenvalue weighted by Gasteiger charge is -2.07. The van der Waals surface area contributed by atoms with Gasteiger partial charge in [0.05, 0.1) is 15.6 Å². The molecule has 7 nitrogen and oxygen atoms in total. The number of carbonyl (C=O) groups excluding carboxylic acids is 1. The van der Waals surface area contributed by atoms with E-state index in [-0.39, 0.29) is 11.6 Å². The number of anilines is 1. The van der Waals surface area contributed by atoms with Crippen LogP contribution >= 0.6 is 11.3 Å². The Labute approximate surface area is 153 Å². The van der Waals surface area contributed by atoms with Crippen molar-refractivity contribution < 1.29 is 14.5 Å². The van der Waals surface area contributed by atoms with Gasteiger partial charge < -0.3 is 10.1 Å². The third-order valence-corrected chi connectivity index (χ3v) is 4.31. The first-order valence-electron chi connectivity index (χ1n) is 7.71. The molecule has 0 spiro atoms. The zero-order chi connectivity index (χ0) is 18.5. The van der Waals surface area contributed by atoms with Gasteiger partial charge >= 0.3 is 0 Å². The van der Waals surface area contributed by atoms with Crippen LogP contribution in [0, 0.1) is 17.0 Å². The standard InChI is InChI=1S/C18H15N3O4S/c1-12-19-15(11-26-12)10-25-17-7-5-13(6-8-17)18(22)20-14-3-2-4-16(9-14)21(23)24/h2-9,11H,10H2,1H3,(H,20,22). The minimum atomic E-state index is -0.508. The lowest BCUT2D eigenvalue weighted by atomic mass is 10.2. The topological polar surface area (TPSA) is 94.4 Å². The summed E-state index contributed by atoms with van der Waals surface area (Å²) in [4.78, 5) is 26.9. The number of non-ortho nitro benzene ring substituents is 1. The van der Waals surface area contributed by atoms with E-state index in [2.05, 4.69) is 10.3 Å². The van der Waals surface area contributed by atoms with E-state index in [0.29, 0.717) is 23.6 Å². The second kappa shape index (κ2) is 7.75. The molecule has 3 rings (SSSR count). The van der Waals surface area contributed by atoms with E-state index >= 15 is 0 Å². The van der Waals surface area contributed by atoms with E-state index in [0.717, 1.165) is 10.7 Å². The molecular formula is C18H15N3O4S. The fourth-order valence-electron chi connectivity index (χ4n) is 2.23. The SMILES string of the molecule is Cc1nc(COc2ccc(C(=O)Nc3cccc([N+](=O)[O-])c3)cc2)cs1. The van der Waals surface area contributed by atoms with Gasteiger partial charge in [0.2, 0.25) is 0 Å². The molecule has 3 aromatic rings. The van der Waals surface area contributed by atoms with Crippen LogP contribution in [0.1, 0.15) is 21.1 Å². The van der Waals surface area contributed by atoms with Crippen LogP contribution in [0.25, 0.3) is 0 Å². The summed E-state index contributed by atoms with van der Waals surface area (Å²) in [5.41, 5.74) is 1.57. The van der Waals surface area contributed by atoms with Crippen molar-refractivity contribution in [3.8, 4) is 5.75 Å². The maximum Gasteiger partial charge on any atom is 0.271 e. The van der Waals surface area contributed by atoms with Crippen molar-refractivity contribution in [3.05, 3.63) is 80.3 Å². The van der Waals surface area contributed by atoms with E-state index in [1.165, 1.54) is 18.2 Å². The Kier molecular flexibility index (Phi) is 5.23. The monoisotopic (exact) mass is 369 g/mol. The number of aromatic nitrogens is 1. The molecule has 1 heterocycles. The van der Waals surface area contributed by atoms with E-state index in [4.69, 9.17) is 4.74 Å². The van der Waals surface area contributed by atoms with Gasteiger partial charge in [-0.05, 0) is 37.3 Å². The van der Waals surface area contributed by atoms with Gasteiger partial charge in [-0.25, -0.2) is 4.98 Å². The Hall–Kier alpha value is -3.26. The van der Waals surface area contributed by atoms with Gasteiger partial charge in [0.1, 0.15) is 12.4 Å². The number of hydrogen-bond acceptors (Lipinski definition) is 6. The quantitative estimate of drug-likeness (QED) is 0.519. The van der Waals surface area contributed by atoms with Gasteiger partial charge in [-0.3, -0.25) is 14.9 Å². The number of benzene rings is 2. The second-order valence-corrected chi connectivity index (χ2v) is 6.49. The Morgan fingerprint density at radius 1 is 1.27 bits per heavy atom. The van der Waals surface area contributed by atoms with Gasteiger partial charge in [-0.1, -0.05) is 6.07 Å². The maximum atomic E-state index is 12.3. The second-order valence-electron chi connectivity index (χ2n) is 5.43. The minimum absolute atomic E-state index is 0.0798. The van der Waals surface area contributed by atoms with Crippen LogP contribution in [0.3, 0.4) is 0 Å². The number of carbonyl (C=O) groups is 1. The highest BCUT2D eigenvalue weighted by molar-refractivity contribution is 7.09. The summed E-state index contributed by atoms with van der Waals surface area (Å²) in [6, 6.07) is 12.5. The molecule has 26 heavy (non-hydrogen) atoms. The molecule has 0 saturated carbocycles. The molecule has 0 aliphatic heterocycles. The highest BCUT2D eigenvalue weighted by atomic mass is 32.1. The number of aryl methyl sites for hydroxylation is 1. The van der Waals surface area contributed by atoms with Crippen LogP contribution in [0.2, 0.25) is 0 Å². The van der Waals surface area contributed by atoms with Gasteiger partial charge in [-0.2, -0.15) is 0 Å². The third kappa shape index (κ3) is 4.42. The molecule has 0 bridgehead atoms. The Morgan fingerprint density at radius 2 is 2.04 bits per heavy atom. The van der Waals surface area contributed by atoms with E-state index < -0.39 is 4.92 Å². The predicted molar refractivity (Wildman–Crippen MR) is 98.7 cm³/mol. The Bertz CT molecular complexity index is 938. The van der Waals surface area contributed by atoms with Crippen LogP contribution in [0.4, 0.5) is 11.4 Å². The number of nitro benzene ring substituents is 1. The summed E-state index contributed by atoms with van der Waals surface area (Å²) in [6.07, 6.45) is 0. The van der Waals surface area contributed by atoms with E-state index in [9.17, 15) is 14.9 Å². The number of nitrogens with zero attached hydrogens (tertiary/aromatic N) is 2. The number of thiazole rings is 1. The smallest absolute Gasteiger partial charge is 0.271 e. The Morgan fingerprint density at radius 3 is 2.69 bits per heavy atom. The maximum absolute atomic E-state index is 12.3. The zero-order valence-electron chi connectivity index (χ0n) is 13.8. The van der Waals surface area contributed by atoms with Crippen LogP contribution in [-0.2, 0) is 6.61 Å². The summed E-state index contributed by atoms with van der Waals surface area (Å²) in [5, 5.41) is 16.4. The number of amides is 1. The van der Waals surface area contributed by atoms with Crippen molar-refractivity contribution in [1.82, 2.24) is 4.98 Å². The molecule has 0 unspecified atom stereocenters. The molecule has 0 fully saturated rings. The normalized spacial score (nSPS) is 10.3. The molecule has 2 aromatic carbocycles. The first kappa shape index (κ1) is 17.6. The van der Waals surface area contributed by atoms with Crippen LogP contribution in [0.15, 0.2) is 53.9 Å². The van der Waals surface area contributed by atoms with Crippen LogP contribution < -0.4 is 10.1 Å². The first-order valence-corrected chi connectivity index (χ1v) is 8.59. The molecule has 0 saturated heterocycles. The van der Waals surface area contributed by atoms with E-state index in [1.54, 1.807) is 41.7 Å². The number of nitro groups is 1. The fraction of sp³-hybridized carbons (Fsp3) is 0.111. The predicted octanol–water partition coefficient (Wildman–Crippen LogP) is 4.19. The van der Waals surface area contributed by atoms with Gasteiger partial charge in [0.15, 0.2) is 0 Å². The molecule has 0 atom stereocenters. The summed E-state index contributed by atoms with van der Waals surface area (Å²) in [7, 11) is 0. The van der Waals surface area contributed by atoms with Crippen LogP contribution in [-0.4, -0.2) is 15.8 Å². The number of ether oxygens (including phenoxy) is 1. The molecule has 1 N–H and O–H groups in total. The van der Waals surface area contributed by atoms with E-state index in [1.807, 2.05) is 12.3 Å². The minimum Gasteiger partial charge on any atom is -0.487 e. The molecule has 1 aromatic heterocycles. The van der Waals surface area contributed by atoms with Crippen molar-refractivity contribution >= 4 is 28.6 Å². The summed E-state index contributed by atoms with van der Waals surface area (Å²) < 4.78 is 5.64. The third-order valence-electron chi connectivity index (χ3n) is 3.48. The van der Waals surface area contributed by atoms with Crippen molar-refractivity contribution in [2.45, 2.75) is 13.5 Å². The average Bonchev–Trinajstić information content (AvgIpc) is 3.06. The van der Waals surface area contributed by atoms with Crippen molar-refractivity contribution in [1.29, 1.82) is 0 Å². The summed E-state index contributed by atoms with van der Waals surface area (Å²) >= 11 is 1.56. The lowest BCUT2D eigenvalue weighted by Crippen LogP contribution is -2.11. The zero-order valence-corrected chi connectivity index (χ0v) is 14.7. The largest absolute Gasteiger partial charge is 0.487 e. The van der Waals surface area contributed by atoms with Gasteiger partial charge in [0.25, 0.3) is 11.6 Å². The average molecular weight is 369 g/mol. The molecule has 0 radical (unpaired) electrons. The molecular weight excluding hydrogens is 354 g/mol. The molecule has 0 aliphatic carbocycles. The van der Waals surface area contributed by atoms with Crippen molar-refractivity contribution in [3.63, 3.8) is 0 Å². The number of hydrogen-bond donors (Lipinski definition) is 1. The Balaban J connectivity index is 1.61. The van der Waals surface area contributed by atoms with Gasteiger partial charge in [0, 0.05) is 28.8 Å². The van der Waals surface area contributed by atoms with Crippen molar-refractivity contribution in [2.24, 2.45) is 0 Å². The van der Waals surface area contributed by atoms with Crippen LogP contribution in [0.5, 0.6) is 5.75 Å². The first-order chi connectivity index (χ1) is 12.5. The fourth-order valence-corrected chi connectivity index (χ4v) is 2.83. The number of rotatable bonds is 6.